The van der Waals surface area contributed by atoms with Gasteiger partial charge in [0.15, 0.2) is 5.65 Å². The molecule has 34 heavy (non-hydrogen) atoms. The molecule has 7 nitrogen and oxygen atoms in total. The number of aromatic nitrogens is 4. The van der Waals surface area contributed by atoms with Crippen molar-refractivity contribution in [1.29, 1.82) is 0 Å². The number of benzene rings is 1. The van der Waals surface area contributed by atoms with Gasteiger partial charge in [-0.25, -0.2) is 9.50 Å². The van der Waals surface area contributed by atoms with Crippen molar-refractivity contribution in [3.05, 3.63) is 75.6 Å². The average Bonchev–Trinajstić information content (AvgIpc) is 3.74. The smallest absolute Gasteiger partial charge is 0.260 e. The number of pyridine rings is 1. The molecule has 2 saturated carbocycles. The van der Waals surface area contributed by atoms with E-state index in [2.05, 4.69) is 27.2 Å². The number of amides is 1. The second-order valence-electron chi connectivity index (χ2n) is 9.33. The Bertz CT molecular complexity index is 1580. The summed E-state index contributed by atoms with van der Waals surface area (Å²) in [7, 11) is 0. The van der Waals surface area contributed by atoms with Gasteiger partial charge < -0.3 is 9.88 Å². The molecule has 7 heteroatoms. The Morgan fingerprint density at radius 3 is 2.79 bits per heavy atom. The monoisotopic (exact) mass is 451 g/mol. The summed E-state index contributed by atoms with van der Waals surface area (Å²) in [6, 6.07) is 9.43. The lowest BCUT2D eigenvalue weighted by Crippen LogP contribution is -2.32. The van der Waals surface area contributed by atoms with Crippen LogP contribution in [0.25, 0.3) is 16.4 Å². The van der Waals surface area contributed by atoms with Crippen LogP contribution in [0.4, 0.5) is 0 Å². The van der Waals surface area contributed by atoms with E-state index < -0.39 is 0 Å². The Kier molecular flexibility index (Phi) is 4.77. The Morgan fingerprint density at radius 1 is 1.21 bits per heavy atom. The molecule has 0 radical (unpaired) electrons. The zero-order valence-corrected chi connectivity index (χ0v) is 19.2. The predicted molar refractivity (Wildman–Crippen MR) is 130 cm³/mol. The molecule has 0 spiro atoms. The largest absolute Gasteiger partial charge is 0.344 e. The van der Waals surface area contributed by atoms with E-state index in [1.807, 2.05) is 35.8 Å². The van der Waals surface area contributed by atoms with Crippen molar-refractivity contribution < 1.29 is 4.79 Å². The number of carbonyl (C=O) groups is 1. The van der Waals surface area contributed by atoms with Gasteiger partial charge in [0.2, 0.25) is 0 Å². The van der Waals surface area contributed by atoms with Gasteiger partial charge in [0.25, 0.3) is 11.5 Å². The number of aryl methyl sites for hydroxylation is 1. The minimum atomic E-state index is -0.371. The molecule has 2 aliphatic carbocycles. The lowest BCUT2D eigenvalue weighted by molar-refractivity contribution is 0.0939. The van der Waals surface area contributed by atoms with E-state index in [0.717, 1.165) is 42.3 Å². The predicted octanol–water partition coefficient (Wildman–Crippen LogP) is 3.94. The number of nitrogens with one attached hydrogen (secondary N) is 1. The Hall–Kier alpha value is -3.92. The molecule has 4 aromatic rings. The number of fused-ring (bicyclic) bond motifs is 2. The van der Waals surface area contributed by atoms with Crippen molar-refractivity contribution in [2.24, 2.45) is 5.92 Å². The van der Waals surface area contributed by atoms with Crippen molar-refractivity contribution in [2.75, 3.05) is 0 Å². The highest BCUT2D eigenvalue weighted by molar-refractivity contribution is 6.01. The first-order valence-corrected chi connectivity index (χ1v) is 11.8. The van der Waals surface area contributed by atoms with Crippen LogP contribution >= 0.6 is 0 Å². The van der Waals surface area contributed by atoms with Crippen LogP contribution in [0.5, 0.6) is 0 Å². The van der Waals surface area contributed by atoms with Crippen LogP contribution in [0.1, 0.15) is 72.0 Å². The summed E-state index contributed by atoms with van der Waals surface area (Å²) in [5.74, 6) is 6.75. The van der Waals surface area contributed by atoms with Gasteiger partial charge in [-0.15, -0.1) is 0 Å². The SMILES string of the molecule is Cc1nn2cccnc2c1C(=O)N[C@H](C)c1cc2cccc(C#CC3CC3)c2c(=O)n1C1CC1. The molecule has 6 rings (SSSR count). The van der Waals surface area contributed by atoms with E-state index in [9.17, 15) is 9.59 Å². The molecule has 1 amide bonds. The molecule has 0 aliphatic heterocycles. The Labute approximate surface area is 196 Å². The van der Waals surface area contributed by atoms with Crippen molar-refractivity contribution in [2.45, 2.75) is 51.6 Å². The highest BCUT2D eigenvalue weighted by Crippen LogP contribution is 2.37. The first-order chi connectivity index (χ1) is 16.5. The van der Waals surface area contributed by atoms with Gasteiger partial charge in [-0.05, 0) is 63.1 Å². The van der Waals surface area contributed by atoms with Gasteiger partial charge in [-0.3, -0.25) is 9.59 Å². The van der Waals surface area contributed by atoms with E-state index in [1.54, 1.807) is 29.9 Å². The third-order valence-electron chi connectivity index (χ3n) is 6.60. The van der Waals surface area contributed by atoms with Gasteiger partial charge in [-0.1, -0.05) is 24.0 Å². The quantitative estimate of drug-likeness (QED) is 0.477. The molecule has 1 atom stereocenters. The Morgan fingerprint density at radius 2 is 2.03 bits per heavy atom. The van der Waals surface area contributed by atoms with Gasteiger partial charge in [0.05, 0.1) is 17.1 Å². The average molecular weight is 452 g/mol. The summed E-state index contributed by atoms with van der Waals surface area (Å²) >= 11 is 0. The number of hydrogen-bond donors (Lipinski definition) is 1. The van der Waals surface area contributed by atoms with Gasteiger partial charge in [0, 0.05) is 35.6 Å². The maximum Gasteiger partial charge on any atom is 0.260 e. The molecule has 2 aliphatic rings. The molecule has 2 fully saturated rings. The molecular formula is C27H25N5O2. The molecule has 170 valence electrons. The number of rotatable bonds is 4. The number of hydrogen-bond acceptors (Lipinski definition) is 4. The molecule has 0 saturated heterocycles. The maximum absolute atomic E-state index is 13.7. The maximum atomic E-state index is 13.7. The highest BCUT2D eigenvalue weighted by Gasteiger charge is 2.30. The summed E-state index contributed by atoms with van der Waals surface area (Å²) in [4.78, 5) is 31.3. The fourth-order valence-electron chi connectivity index (χ4n) is 4.56. The van der Waals surface area contributed by atoms with E-state index in [-0.39, 0.29) is 23.6 Å². The summed E-state index contributed by atoms with van der Waals surface area (Å²) in [5.41, 5.74) is 3.15. The summed E-state index contributed by atoms with van der Waals surface area (Å²) < 4.78 is 3.48. The fraction of sp³-hybridized carbons (Fsp3) is 0.333. The topological polar surface area (TPSA) is 81.3 Å². The first kappa shape index (κ1) is 20.7. The summed E-state index contributed by atoms with van der Waals surface area (Å²) in [5, 5.41) is 9.01. The van der Waals surface area contributed by atoms with Crippen LogP contribution in [0.3, 0.4) is 0 Å². The second kappa shape index (κ2) is 7.84. The van der Waals surface area contributed by atoms with Crippen LogP contribution in [-0.2, 0) is 0 Å². The fourth-order valence-corrected chi connectivity index (χ4v) is 4.56. The van der Waals surface area contributed by atoms with Crippen molar-refractivity contribution in [3.63, 3.8) is 0 Å². The van der Waals surface area contributed by atoms with E-state index in [1.165, 1.54) is 0 Å². The molecule has 1 N–H and O–H groups in total. The van der Waals surface area contributed by atoms with E-state index in [4.69, 9.17) is 0 Å². The standard InChI is InChI=1S/C27H25N5O2/c1-16(29-26(33)23-17(2)30-31-14-4-13-28-25(23)31)22-15-20-6-3-5-19(10-9-18-7-8-18)24(20)27(34)32(22)21-11-12-21/h3-6,13-16,18,21H,7-8,11-12H2,1-2H3,(H,29,33)/t16-/m1/s1. The van der Waals surface area contributed by atoms with Crippen molar-refractivity contribution in [1.82, 2.24) is 24.5 Å². The first-order valence-electron chi connectivity index (χ1n) is 11.8. The number of carbonyl (C=O) groups excluding carboxylic acids is 1. The second-order valence-corrected chi connectivity index (χ2v) is 9.33. The molecule has 0 bridgehead atoms. The lowest BCUT2D eigenvalue weighted by Gasteiger charge is -2.21. The number of nitrogens with zero attached hydrogens (tertiary/aromatic N) is 4. The molecule has 0 unspecified atom stereocenters. The van der Waals surface area contributed by atoms with Gasteiger partial charge >= 0.3 is 0 Å². The molecule has 3 aromatic heterocycles. The van der Waals surface area contributed by atoms with Crippen molar-refractivity contribution in [3.8, 4) is 11.8 Å². The van der Waals surface area contributed by atoms with Crippen LogP contribution in [0.2, 0.25) is 0 Å². The summed E-state index contributed by atoms with van der Waals surface area (Å²) in [6.07, 6.45) is 7.64. The molecule has 3 heterocycles. The van der Waals surface area contributed by atoms with Gasteiger partial charge in [0.1, 0.15) is 5.56 Å². The third-order valence-corrected chi connectivity index (χ3v) is 6.60. The van der Waals surface area contributed by atoms with Crippen LogP contribution in [-0.4, -0.2) is 25.1 Å². The molecule has 1 aromatic carbocycles. The minimum absolute atomic E-state index is 0.0226. The van der Waals surface area contributed by atoms with Crippen molar-refractivity contribution >= 4 is 22.3 Å². The zero-order valence-electron chi connectivity index (χ0n) is 19.2. The van der Waals surface area contributed by atoms with E-state index >= 15 is 0 Å². The normalized spacial score (nSPS) is 16.3. The Balaban J connectivity index is 1.41. The highest BCUT2D eigenvalue weighted by atomic mass is 16.2. The third kappa shape index (κ3) is 3.56. The molecular weight excluding hydrogens is 426 g/mol. The van der Waals surface area contributed by atoms with Gasteiger partial charge in [-0.2, -0.15) is 5.10 Å². The minimum Gasteiger partial charge on any atom is -0.344 e. The van der Waals surface area contributed by atoms with Crippen LogP contribution in [0.15, 0.2) is 47.5 Å². The lowest BCUT2D eigenvalue weighted by atomic mass is 10.0. The van der Waals surface area contributed by atoms with Crippen LogP contribution < -0.4 is 10.9 Å². The van der Waals surface area contributed by atoms with Crippen LogP contribution in [0, 0.1) is 24.7 Å². The van der Waals surface area contributed by atoms with E-state index in [0.29, 0.717) is 28.2 Å². The summed E-state index contributed by atoms with van der Waals surface area (Å²) in [6.45, 7) is 3.72. The zero-order chi connectivity index (χ0) is 23.4.